The molecule has 0 spiro atoms. The van der Waals surface area contributed by atoms with Gasteiger partial charge < -0.3 is 16.8 Å². The minimum absolute atomic E-state index is 0.581. The molecule has 1 aliphatic rings. The van der Waals surface area contributed by atoms with Crippen molar-refractivity contribution in [2.45, 2.75) is 18.5 Å². The van der Waals surface area contributed by atoms with E-state index in [9.17, 15) is 4.79 Å². The van der Waals surface area contributed by atoms with Crippen molar-refractivity contribution in [3.05, 3.63) is 23.8 Å². The highest BCUT2D eigenvalue weighted by Crippen LogP contribution is 2.30. The molecule has 14 heavy (non-hydrogen) atoms. The van der Waals surface area contributed by atoms with Gasteiger partial charge in [-0.05, 0) is 30.5 Å². The Morgan fingerprint density at radius 2 is 2.29 bits per heavy atom. The van der Waals surface area contributed by atoms with E-state index in [0.717, 1.165) is 29.6 Å². The van der Waals surface area contributed by atoms with Crippen LogP contribution in [0.15, 0.2) is 18.2 Å². The average molecular weight is 191 g/mol. The predicted molar refractivity (Wildman–Crippen MR) is 55.8 cm³/mol. The summed E-state index contributed by atoms with van der Waals surface area (Å²) in [6.07, 6.45) is 2.07. The zero-order valence-corrected chi connectivity index (χ0v) is 7.79. The van der Waals surface area contributed by atoms with Gasteiger partial charge in [-0.15, -0.1) is 0 Å². The molecule has 0 saturated heterocycles. The highest BCUT2D eigenvalue weighted by molar-refractivity contribution is 5.75. The molecule has 0 bridgehead atoms. The fraction of sp³-hybridized carbons (Fsp3) is 0.300. The number of nitrogens with two attached hydrogens (primary N) is 2. The van der Waals surface area contributed by atoms with Crippen molar-refractivity contribution in [3.63, 3.8) is 0 Å². The smallest absolute Gasteiger partial charge is 0.159 e. The zero-order valence-electron chi connectivity index (χ0n) is 7.79. The topological polar surface area (TPSA) is 81.1 Å². The van der Waals surface area contributed by atoms with Gasteiger partial charge in [-0.25, -0.2) is 0 Å². The number of aldehydes is 1. The molecule has 5 N–H and O–H groups in total. The minimum Gasteiger partial charge on any atom is -0.398 e. The van der Waals surface area contributed by atoms with Crippen LogP contribution in [0.3, 0.4) is 0 Å². The third kappa shape index (κ3) is 1.33. The van der Waals surface area contributed by atoms with Crippen molar-refractivity contribution in [2.24, 2.45) is 5.73 Å². The number of anilines is 2. The van der Waals surface area contributed by atoms with Gasteiger partial charge in [-0.2, -0.15) is 0 Å². The first kappa shape index (κ1) is 9.02. The van der Waals surface area contributed by atoms with E-state index in [-0.39, 0.29) is 0 Å². The predicted octanol–water partition coefficient (Wildman–Crippen LogP) is 0.481. The van der Waals surface area contributed by atoms with Crippen molar-refractivity contribution in [1.82, 2.24) is 0 Å². The van der Waals surface area contributed by atoms with E-state index in [1.165, 1.54) is 0 Å². The lowest BCUT2D eigenvalue weighted by Gasteiger charge is -2.32. The van der Waals surface area contributed by atoms with E-state index in [1.807, 2.05) is 18.2 Å². The van der Waals surface area contributed by atoms with Crippen LogP contribution in [0.4, 0.5) is 11.4 Å². The van der Waals surface area contributed by atoms with Crippen molar-refractivity contribution >= 4 is 17.7 Å². The molecular formula is C10H13N3O. The van der Waals surface area contributed by atoms with E-state index in [0.29, 0.717) is 6.42 Å². The Morgan fingerprint density at radius 1 is 1.50 bits per heavy atom. The van der Waals surface area contributed by atoms with Crippen LogP contribution in [0.5, 0.6) is 0 Å². The second-order valence-electron chi connectivity index (χ2n) is 3.66. The highest BCUT2D eigenvalue weighted by Gasteiger charge is 2.29. The normalized spacial score (nSPS) is 24.9. The van der Waals surface area contributed by atoms with E-state index < -0.39 is 5.66 Å². The number of benzene rings is 1. The molecule has 0 aliphatic carbocycles. The molecule has 74 valence electrons. The fourth-order valence-corrected chi connectivity index (χ4v) is 1.73. The van der Waals surface area contributed by atoms with Crippen molar-refractivity contribution in [2.75, 3.05) is 11.1 Å². The van der Waals surface area contributed by atoms with Crippen LogP contribution in [-0.2, 0) is 11.2 Å². The molecule has 0 fully saturated rings. The number of fused-ring (bicyclic) bond motifs is 1. The second-order valence-corrected chi connectivity index (χ2v) is 3.66. The first-order valence-electron chi connectivity index (χ1n) is 4.55. The second kappa shape index (κ2) is 2.99. The van der Waals surface area contributed by atoms with E-state index in [4.69, 9.17) is 11.5 Å². The molecule has 2 rings (SSSR count). The third-order valence-electron chi connectivity index (χ3n) is 2.58. The van der Waals surface area contributed by atoms with Gasteiger partial charge in [0, 0.05) is 11.4 Å². The summed E-state index contributed by atoms with van der Waals surface area (Å²) in [7, 11) is 0. The molecule has 1 atom stereocenters. The van der Waals surface area contributed by atoms with Gasteiger partial charge in [0.25, 0.3) is 0 Å². The Labute approximate surface area is 82.3 Å². The molecule has 1 aliphatic heterocycles. The average Bonchev–Trinajstić information content (AvgIpc) is 2.18. The Morgan fingerprint density at radius 3 is 3.00 bits per heavy atom. The summed E-state index contributed by atoms with van der Waals surface area (Å²) in [6.45, 7) is 0. The number of carbonyl (C=O) groups excluding carboxylic acids is 1. The van der Waals surface area contributed by atoms with Crippen LogP contribution in [0, 0.1) is 0 Å². The molecule has 1 unspecified atom stereocenters. The molecule has 0 amide bonds. The summed E-state index contributed by atoms with van der Waals surface area (Å²) in [5.74, 6) is 0. The summed E-state index contributed by atoms with van der Waals surface area (Å²) >= 11 is 0. The van der Waals surface area contributed by atoms with Crippen LogP contribution in [0.2, 0.25) is 0 Å². The van der Waals surface area contributed by atoms with Gasteiger partial charge in [0.15, 0.2) is 6.29 Å². The summed E-state index contributed by atoms with van der Waals surface area (Å²) in [4.78, 5) is 10.8. The largest absolute Gasteiger partial charge is 0.398 e. The lowest BCUT2D eigenvalue weighted by Crippen LogP contribution is -2.51. The van der Waals surface area contributed by atoms with Crippen molar-refractivity contribution < 1.29 is 4.79 Å². The Balaban J connectivity index is 2.41. The first-order valence-corrected chi connectivity index (χ1v) is 4.55. The van der Waals surface area contributed by atoms with Crippen LogP contribution >= 0.6 is 0 Å². The quantitative estimate of drug-likeness (QED) is 0.445. The molecule has 1 aromatic carbocycles. The number of hydrogen-bond acceptors (Lipinski definition) is 4. The van der Waals surface area contributed by atoms with Crippen LogP contribution in [0.1, 0.15) is 12.0 Å². The maximum atomic E-state index is 10.8. The van der Waals surface area contributed by atoms with Gasteiger partial charge in [0.2, 0.25) is 0 Å². The Hall–Kier alpha value is -1.55. The lowest BCUT2D eigenvalue weighted by atomic mass is 9.93. The molecule has 1 aromatic rings. The van der Waals surface area contributed by atoms with Crippen LogP contribution in [-0.4, -0.2) is 11.9 Å². The molecular weight excluding hydrogens is 178 g/mol. The van der Waals surface area contributed by atoms with Crippen molar-refractivity contribution in [3.8, 4) is 0 Å². The van der Waals surface area contributed by atoms with E-state index in [1.54, 1.807) is 0 Å². The first-order chi connectivity index (χ1) is 6.64. The molecule has 0 saturated carbocycles. The molecule has 1 heterocycles. The number of nitrogen functional groups attached to an aromatic ring is 1. The highest BCUT2D eigenvalue weighted by atomic mass is 16.1. The summed E-state index contributed by atoms with van der Waals surface area (Å²) in [5.41, 5.74) is 13.3. The maximum Gasteiger partial charge on any atom is 0.159 e. The van der Waals surface area contributed by atoms with Crippen molar-refractivity contribution in [1.29, 1.82) is 0 Å². The maximum absolute atomic E-state index is 10.8. The summed E-state index contributed by atoms with van der Waals surface area (Å²) < 4.78 is 0. The fourth-order valence-electron chi connectivity index (χ4n) is 1.73. The molecule has 4 nitrogen and oxygen atoms in total. The summed E-state index contributed by atoms with van der Waals surface area (Å²) in [5, 5.41) is 2.99. The molecule has 0 radical (unpaired) electrons. The van der Waals surface area contributed by atoms with Crippen LogP contribution in [0.25, 0.3) is 0 Å². The zero-order chi connectivity index (χ0) is 10.2. The number of carbonyl (C=O) groups is 1. The lowest BCUT2D eigenvalue weighted by molar-refractivity contribution is -0.111. The number of hydrogen-bond donors (Lipinski definition) is 3. The van der Waals surface area contributed by atoms with E-state index in [2.05, 4.69) is 5.32 Å². The standard InChI is InChI=1S/C10H13N3O/c11-8-2-1-3-9-7(8)4-5-10(12,6-14)13-9/h1-3,6,13H,4-5,11-12H2. The van der Waals surface area contributed by atoms with E-state index >= 15 is 0 Å². The van der Waals surface area contributed by atoms with Gasteiger partial charge in [0.1, 0.15) is 5.66 Å². The number of rotatable bonds is 1. The molecule has 4 heteroatoms. The monoisotopic (exact) mass is 191 g/mol. The minimum atomic E-state index is -0.930. The van der Waals surface area contributed by atoms with Crippen LogP contribution < -0.4 is 16.8 Å². The summed E-state index contributed by atoms with van der Waals surface area (Å²) in [6, 6.07) is 5.58. The van der Waals surface area contributed by atoms with Gasteiger partial charge in [-0.1, -0.05) is 6.07 Å². The Kier molecular flexibility index (Phi) is 1.93. The SMILES string of the molecule is Nc1cccc2c1CCC(N)(C=O)N2. The Bertz CT molecular complexity index is 378. The third-order valence-corrected chi connectivity index (χ3v) is 2.58. The molecule has 0 aromatic heterocycles. The van der Waals surface area contributed by atoms with Gasteiger partial charge in [0.05, 0.1) is 0 Å². The number of nitrogens with one attached hydrogen (secondary N) is 1. The van der Waals surface area contributed by atoms with Gasteiger partial charge >= 0.3 is 0 Å². The van der Waals surface area contributed by atoms with Gasteiger partial charge in [-0.3, -0.25) is 4.79 Å².